The van der Waals surface area contributed by atoms with E-state index >= 15 is 0 Å². The highest BCUT2D eigenvalue weighted by molar-refractivity contribution is 7.47. The third-order valence-corrected chi connectivity index (χ3v) is 9.89. The fourth-order valence-electron chi connectivity index (χ4n) is 5.63. The minimum Gasteiger partial charge on any atom is -0.457 e. The highest BCUT2D eigenvalue weighted by atomic mass is 31.2. The first-order chi connectivity index (χ1) is 26.8. The molecule has 55 heavy (non-hydrogen) atoms. The van der Waals surface area contributed by atoms with Crippen molar-refractivity contribution in [1.82, 2.24) is 0 Å². The molecule has 9 nitrogen and oxygen atoms in total. The number of phosphoric ester groups is 1. The van der Waals surface area contributed by atoms with Crippen molar-refractivity contribution in [1.29, 1.82) is 0 Å². The van der Waals surface area contributed by atoms with Crippen molar-refractivity contribution in [2.75, 3.05) is 33.0 Å². The first-order valence-electron chi connectivity index (χ1n) is 21.8. The number of carbonyl (C=O) groups is 1. The first kappa shape index (κ1) is 53.2. The summed E-state index contributed by atoms with van der Waals surface area (Å²) in [5.41, 5.74) is 0. The maximum Gasteiger partial charge on any atom is 0.472 e. The lowest BCUT2D eigenvalue weighted by Crippen LogP contribution is -2.29. The Morgan fingerprint density at radius 1 is 0.582 bits per heavy atom. The van der Waals surface area contributed by atoms with Crippen molar-refractivity contribution in [2.45, 2.75) is 187 Å². The minimum absolute atomic E-state index is 0.0347. The van der Waals surface area contributed by atoms with E-state index in [1.165, 1.54) is 70.6 Å². The van der Waals surface area contributed by atoms with Gasteiger partial charge in [-0.3, -0.25) is 13.8 Å². The largest absolute Gasteiger partial charge is 0.472 e. The first-order valence-corrected chi connectivity index (χ1v) is 23.3. The van der Waals surface area contributed by atoms with Crippen LogP contribution in [0.4, 0.5) is 0 Å². The summed E-state index contributed by atoms with van der Waals surface area (Å²) in [5.74, 6) is -0.397. The molecule has 0 aromatic carbocycles. The number of phosphoric acid groups is 1. The monoisotopic (exact) mass is 797 g/mol. The van der Waals surface area contributed by atoms with Gasteiger partial charge in [0.05, 0.1) is 26.4 Å². The fourth-order valence-corrected chi connectivity index (χ4v) is 6.42. The van der Waals surface area contributed by atoms with E-state index in [0.717, 1.165) is 77.0 Å². The molecule has 0 saturated heterocycles. The number of unbranched alkanes of at least 4 members (excludes halogenated alkanes) is 17. The van der Waals surface area contributed by atoms with Crippen LogP contribution in [0.3, 0.4) is 0 Å². The Morgan fingerprint density at radius 3 is 1.56 bits per heavy atom. The van der Waals surface area contributed by atoms with Crippen molar-refractivity contribution in [2.24, 2.45) is 0 Å². The number of ether oxygens (including phenoxy) is 2. The summed E-state index contributed by atoms with van der Waals surface area (Å²) < 4.78 is 33.4. The molecule has 0 aliphatic carbocycles. The van der Waals surface area contributed by atoms with E-state index in [0.29, 0.717) is 13.0 Å². The number of carbonyl (C=O) groups excluding carboxylic acids is 1. The number of esters is 1. The molecule has 0 aromatic heterocycles. The molecule has 0 aromatic rings. The van der Waals surface area contributed by atoms with Gasteiger partial charge in [-0.1, -0.05) is 152 Å². The van der Waals surface area contributed by atoms with Crippen LogP contribution in [0.5, 0.6) is 0 Å². The van der Waals surface area contributed by atoms with Crippen LogP contribution >= 0.6 is 7.82 Å². The van der Waals surface area contributed by atoms with Gasteiger partial charge < -0.3 is 24.6 Å². The molecular weight excluding hydrogens is 715 g/mol. The van der Waals surface area contributed by atoms with Crippen LogP contribution in [0.2, 0.25) is 0 Å². The topological polar surface area (TPSA) is 132 Å². The number of allylic oxidation sites excluding steroid dienone is 10. The van der Waals surface area contributed by atoms with Gasteiger partial charge in [0.15, 0.2) is 0 Å². The van der Waals surface area contributed by atoms with E-state index in [-0.39, 0.29) is 19.6 Å². The van der Waals surface area contributed by atoms with Gasteiger partial charge in [-0.25, -0.2) is 4.57 Å². The van der Waals surface area contributed by atoms with Crippen LogP contribution in [0.15, 0.2) is 60.8 Å². The van der Waals surface area contributed by atoms with Crippen LogP contribution in [0.25, 0.3) is 0 Å². The normalized spacial score (nSPS) is 14.6. The predicted molar refractivity (Wildman–Crippen MR) is 228 cm³/mol. The van der Waals surface area contributed by atoms with Crippen molar-refractivity contribution in [3.05, 3.63) is 60.8 Å². The van der Waals surface area contributed by atoms with E-state index in [1.807, 2.05) is 0 Å². The maximum atomic E-state index is 12.6. The number of hydrogen-bond acceptors (Lipinski definition) is 8. The summed E-state index contributed by atoms with van der Waals surface area (Å²) in [6, 6.07) is 0. The predicted octanol–water partition coefficient (Wildman–Crippen LogP) is 12.0. The smallest absolute Gasteiger partial charge is 0.457 e. The molecule has 320 valence electrons. The van der Waals surface area contributed by atoms with Gasteiger partial charge in [0.2, 0.25) is 0 Å². The summed E-state index contributed by atoms with van der Waals surface area (Å²) in [7, 11) is -4.53. The highest BCUT2D eigenvalue weighted by Crippen LogP contribution is 2.43. The Kier molecular flexibility index (Phi) is 40.4. The average molecular weight is 797 g/mol. The molecule has 0 bridgehead atoms. The Bertz CT molecular complexity index is 1040. The molecule has 10 heteroatoms. The minimum atomic E-state index is -4.53. The molecule has 3 atom stereocenters. The third-order valence-electron chi connectivity index (χ3n) is 8.94. The maximum absolute atomic E-state index is 12.6. The van der Waals surface area contributed by atoms with Gasteiger partial charge in [0.25, 0.3) is 0 Å². The molecule has 3 unspecified atom stereocenters. The zero-order valence-electron chi connectivity index (χ0n) is 34.9. The third kappa shape index (κ3) is 41.6. The van der Waals surface area contributed by atoms with E-state index in [2.05, 4.69) is 74.6 Å². The molecule has 3 N–H and O–H groups in total. The molecule has 0 aliphatic rings. The number of rotatable bonds is 41. The van der Waals surface area contributed by atoms with Crippen LogP contribution < -0.4 is 0 Å². The van der Waals surface area contributed by atoms with Gasteiger partial charge in [-0.15, -0.1) is 0 Å². The van der Waals surface area contributed by atoms with Gasteiger partial charge >= 0.3 is 13.8 Å². The lowest BCUT2D eigenvalue weighted by molar-refractivity contribution is -0.154. The molecular formula is C45H81O9P. The SMILES string of the molecule is CC/C=C\C/C=C\C/C=C\CCCCCCCCOCC(COP(=O)(O)OCC(O)CO)OC(=O)CCCCCCCCC/C=C\C/C=C\CCCCCC. The van der Waals surface area contributed by atoms with Crippen LogP contribution in [-0.4, -0.2) is 66.3 Å². The molecule has 0 radical (unpaired) electrons. The summed E-state index contributed by atoms with van der Waals surface area (Å²) >= 11 is 0. The summed E-state index contributed by atoms with van der Waals surface area (Å²) in [4.78, 5) is 22.6. The number of aliphatic hydroxyl groups excluding tert-OH is 2. The van der Waals surface area contributed by atoms with Crippen molar-refractivity contribution in [3.8, 4) is 0 Å². The molecule has 0 rings (SSSR count). The lowest BCUT2D eigenvalue weighted by atomic mass is 10.1. The standard InChI is InChI=1S/C45H81O9P/c1-3-5-7-9-11-13-15-17-19-21-22-23-25-27-29-31-33-35-37-45(48)54-44(42-53-55(49,50)52-40-43(47)39-46)41-51-38-36-34-32-30-28-26-24-20-18-16-14-12-10-8-6-4-2/h6,8,12-15,18-21,43-44,46-47H,3-5,7,9-11,16-17,22-42H2,1-2H3,(H,49,50)/b8-6-,14-12-,15-13-,20-18-,21-19-. The van der Waals surface area contributed by atoms with Gasteiger partial charge in [0.1, 0.15) is 12.2 Å². The molecule has 0 amide bonds. The molecule has 0 fully saturated rings. The second-order valence-corrected chi connectivity index (χ2v) is 15.8. The van der Waals surface area contributed by atoms with Gasteiger partial charge in [-0.05, 0) is 77.0 Å². The summed E-state index contributed by atoms with van der Waals surface area (Å²) in [6.07, 6.45) is 47.4. The highest BCUT2D eigenvalue weighted by Gasteiger charge is 2.26. The fraction of sp³-hybridized carbons (Fsp3) is 0.756. The van der Waals surface area contributed by atoms with Crippen molar-refractivity contribution >= 4 is 13.8 Å². The van der Waals surface area contributed by atoms with E-state index in [9.17, 15) is 19.4 Å². The van der Waals surface area contributed by atoms with Crippen molar-refractivity contribution < 1.29 is 43.0 Å². The molecule has 0 spiro atoms. The lowest BCUT2D eigenvalue weighted by Gasteiger charge is -2.20. The Labute approximate surface area is 336 Å². The number of aliphatic hydroxyl groups is 2. The van der Waals surface area contributed by atoms with Crippen LogP contribution in [0.1, 0.15) is 174 Å². The Morgan fingerprint density at radius 2 is 1.04 bits per heavy atom. The quantitative estimate of drug-likeness (QED) is 0.0239. The molecule has 0 aliphatic heterocycles. The molecule has 0 saturated carbocycles. The Balaban J connectivity index is 4.21. The van der Waals surface area contributed by atoms with Gasteiger partial charge in [-0.2, -0.15) is 0 Å². The summed E-state index contributed by atoms with van der Waals surface area (Å²) in [6.45, 7) is 3.34. The second-order valence-electron chi connectivity index (χ2n) is 14.3. The zero-order valence-corrected chi connectivity index (χ0v) is 35.8. The zero-order chi connectivity index (χ0) is 40.3. The van der Waals surface area contributed by atoms with Crippen molar-refractivity contribution in [3.63, 3.8) is 0 Å². The Hall–Kier alpha value is -1.84. The van der Waals surface area contributed by atoms with E-state index in [4.69, 9.17) is 23.6 Å². The van der Waals surface area contributed by atoms with E-state index < -0.39 is 39.2 Å². The second kappa shape index (κ2) is 41.8. The van der Waals surface area contributed by atoms with E-state index in [1.54, 1.807) is 0 Å². The summed E-state index contributed by atoms with van der Waals surface area (Å²) in [5, 5.41) is 18.3. The van der Waals surface area contributed by atoms with Gasteiger partial charge in [0, 0.05) is 13.0 Å². The van der Waals surface area contributed by atoms with Crippen LogP contribution in [0, 0.1) is 0 Å². The van der Waals surface area contributed by atoms with Crippen LogP contribution in [-0.2, 0) is 27.9 Å². The number of hydrogen-bond donors (Lipinski definition) is 3. The average Bonchev–Trinajstić information content (AvgIpc) is 3.18. The molecule has 0 heterocycles.